The van der Waals surface area contributed by atoms with Gasteiger partial charge in [0.25, 0.3) is 0 Å². The molecule has 8 heteroatoms. The van der Waals surface area contributed by atoms with E-state index in [1.165, 1.54) is 12.1 Å². The van der Waals surface area contributed by atoms with E-state index in [1.807, 2.05) is 30.3 Å². The van der Waals surface area contributed by atoms with Gasteiger partial charge in [0.05, 0.1) is 5.69 Å². The topological polar surface area (TPSA) is 72.7 Å². The van der Waals surface area contributed by atoms with Crippen LogP contribution in [0.15, 0.2) is 48.5 Å². The van der Waals surface area contributed by atoms with E-state index in [2.05, 4.69) is 20.7 Å². The highest BCUT2D eigenvalue weighted by atomic mass is 35.5. The van der Waals surface area contributed by atoms with Crippen LogP contribution in [0.2, 0.25) is 5.02 Å². The Bertz CT molecular complexity index is 837. The van der Waals surface area contributed by atoms with Crippen LogP contribution in [0.3, 0.4) is 0 Å². The average molecular weight is 332 g/mol. The van der Waals surface area contributed by atoms with Gasteiger partial charge in [0, 0.05) is 10.6 Å². The summed E-state index contributed by atoms with van der Waals surface area (Å²) in [6.07, 6.45) is 0. The molecule has 0 aliphatic rings. The second-order valence-corrected chi connectivity index (χ2v) is 5.12. The Morgan fingerprint density at radius 2 is 2.00 bits per heavy atom. The molecule has 2 aromatic carbocycles. The second kappa shape index (κ2) is 6.53. The summed E-state index contributed by atoms with van der Waals surface area (Å²) < 4.78 is 13.6. The highest BCUT2D eigenvalue weighted by molar-refractivity contribution is 6.30. The molecule has 1 aromatic heterocycles. The number of hydrogen-bond donors (Lipinski definition) is 1. The van der Waals surface area contributed by atoms with Crippen LogP contribution in [0.25, 0.3) is 11.4 Å². The Balaban J connectivity index is 1.68. The summed E-state index contributed by atoms with van der Waals surface area (Å²) in [6, 6.07) is 13.3. The van der Waals surface area contributed by atoms with Crippen molar-refractivity contribution in [2.24, 2.45) is 0 Å². The number of halogens is 2. The molecule has 116 valence electrons. The predicted molar refractivity (Wildman–Crippen MR) is 83.3 cm³/mol. The zero-order chi connectivity index (χ0) is 16.2. The maximum absolute atomic E-state index is 13.6. The SMILES string of the molecule is O=C(Cn1nnc(-c2ccccc2)n1)Nc1ccc(Cl)cc1F. The summed E-state index contributed by atoms with van der Waals surface area (Å²) in [7, 11) is 0. The lowest BCUT2D eigenvalue weighted by Gasteiger charge is -2.05. The van der Waals surface area contributed by atoms with Crippen LogP contribution < -0.4 is 5.32 Å². The number of anilines is 1. The quantitative estimate of drug-likeness (QED) is 0.798. The third-order valence-electron chi connectivity index (χ3n) is 2.98. The maximum Gasteiger partial charge on any atom is 0.248 e. The largest absolute Gasteiger partial charge is 0.322 e. The van der Waals surface area contributed by atoms with Gasteiger partial charge in [-0.2, -0.15) is 4.80 Å². The molecule has 1 N–H and O–H groups in total. The smallest absolute Gasteiger partial charge is 0.248 e. The molecule has 23 heavy (non-hydrogen) atoms. The van der Waals surface area contributed by atoms with Crippen molar-refractivity contribution in [1.29, 1.82) is 0 Å². The minimum absolute atomic E-state index is 0.0443. The number of benzene rings is 2. The van der Waals surface area contributed by atoms with E-state index >= 15 is 0 Å². The lowest BCUT2D eigenvalue weighted by Crippen LogP contribution is -2.21. The number of aromatic nitrogens is 4. The number of tetrazole rings is 1. The number of rotatable bonds is 4. The monoisotopic (exact) mass is 331 g/mol. The third kappa shape index (κ3) is 3.70. The number of nitrogens with zero attached hydrogens (tertiary/aromatic N) is 4. The summed E-state index contributed by atoms with van der Waals surface area (Å²) in [6.45, 7) is -0.179. The van der Waals surface area contributed by atoms with Gasteiger partial charge in [-0.1, -0.05) is 41.9 Å². The summed E-state index contributed by atoms with van der Waals surface area (Å²) in [4.78, 5) is 13.1. The molecule has 3 aromatic rings. The van der Waals surface area contributed by atoms with E-state index in [1.54, 1.807) is 0 Å². The zero-order valence-electron chi connectivity index (χ0n) is 11.8. The molecule has 0 saturated carbocycles. The molecule has 0 bridgehead atoms. The van der Waals surface area contributed by atoms with E-state index in [-0.39, 0.29) is 17.3 Å². The molecule has 0 atom stereocenters. The van der Waals surface area contributed by atoms with Gasteiger partial charge in [-0.3, -0.25) is 4.79 Å². The molecule has 0 fully saturated rings. The minimum atomic E-state index is -0.609. The van der Waals surface area contributed by atoms with Gasteiger partial charge < -0.3 is 5.32 Å². The first-order chi connectivity index (χ1) is 11.1. The highest BCUT2D eigenvalue weighted by Crippen LogP contribution is 2.18. The molecular weight excluding hydrogens is 321 g/mol. The standard InChI is InChI=1S/C15H11ClFN5O/c16-11-6-7-13(12(17)8-11)18-14(23)9-22-20-15(19-21-22)10-4-2-1-3-5-10/h1-8H,9H2,(H,18,23). The molecule has 0 spiro atoms. The molecule has 0 aliphatic carbocycles. The van der Waals surface area contributed by atoms with E-state index < -0.39 is 11.7 Å². The van der Waals surface area contributed by atoms with Crippen LogP contribution in [0.5, 0.6) is 0 Å². The third-order valence-corrected chi connectivity index (χ3v) is 3.21. The summed E-state index contributed by atoms with van der Waals surface area (Å²) >= 11 is 5.66. The fraction of sp³-hybridized carbons (Fsp3) is 0.0667. The molecule has 6 nitrogen and oxygen atoms in total. The molecule has 0 saturated heterocycles. The van der Waals surface area contributed by atoms with Crippen LogP contribution in [0.1, 0.15) is 0 Å². The van der Waals surface area contributed by atoms with Gasteiger partial charge in [0.1, 0.15) is 12.4 Å². The van der Waals surface area contributed by atoms with Crippen molar-refractivity contribution < 1.29 is 9.18 Å². The first kappa shape index (κ1) is 15.1. The van der Waals surface area contributed by atoms with Crippen molar-refractivity contribution in [2.45, 2.75) is 6.54 Å². The second-order valence-electron chi connectivity index (χ2n) is 4.68. The van der Waals surface area contributed by atoms with Crippen molar-refractivity contribution in [1.82, 2.24) is 20.2 Å². The normalized spacial score (nSPS) is 10.5. The Labute approximate surface area is 135 Å². The van der Waals surface area contributed by atoms with Crippen molar-refractivity contribution >= 4 is 23.2 Å². The summed E-state index contributed by atoms with van der Waals surface area (Å²) in [5, 5.41) is 14.5. The highest BCUT2D eigenvalue weighted by Gasteiger charge is 2.11. The number of amides is 1. The van der Waals surface area contributed by atoms with Gasteiger partial charge in [0.15, 0.2) is 0 Å². The molecule has 0 unspecified atom stereocenters. The first-order valence-corrected chi connectivity index (χ1v) is 7.08. The molecule has 3 rings (SSSR count). The van der Waals surface area contributed by atoms with Crippen LogP contribution in [0.4, 0.5) is 10.1 Å². The average Bonchev–Trinajstić information content (AvgIpc) is 2.99. The molecule has 0 aliphatic heterocycles. The van der Waals surface area contributed by atoms with Gasteiger partial charge >= 0.3 is 0 Å². The zero-order valence-corrected chi connectivity index (χ0v) is 12.5. The molecule has 0 radical (unpaired) electrons. The van der Waals surface area contributed by atoms with Crippen molar-refractivity contribution in [3.8, 4) is 11.4 Å². The van der Waals surface area contributed by atoms with Crippen LogP contribution in [-0.2, 0) is 11.3 Å². The minimum Gasteiger partial charge on any atom is -0.322 e. The summed E-state index contributed by atoms with van der Waals surface area (Å²) in [5.74, 6) is -0.665. The predicted octanol–water partition coefficient (Wildman–Crippen LogP) is 2.77. The van der Waals surface area contributed by atoms with Crippen molar-refractivity contribution in [2.75, 3.05) is 5.32 Å². The van der Waals surface area contributed by atoms with Gasteiger partial charge in [0.2, 0.25) is 11.7 Å². The van der Waals surface area contributed by atoms with Crippen molar-refractivity contribution in [3.05, 3.63) is 59.4 Å². The van der Waals surface area contributed by atoms with Gasteiger partial charge in [-0.15, -0.1) is 10.2 Å². The fourth-order valence-corrected chi connectivity index (χ4v) is 2.08. The van der Waals surface area contributed by atoms with Crippen LogP contribution >= 0.6 is 11.6 Å². The van der Waals surface area contributed by atoms with Gasteiger partial charge in [-0.25, -0.2) is 4.39 Å². The number of hydrogen-bond acceptors (Lipinski definition) is 4. The molecule has 1 heterocycles. The Morgan fingerprint density at radius 3 is 2.74 bits per heavy atom. The number of carbonyl (C=O) groups is 1. The van der Waals surface area contributed by atoms with E-state index in [0.29, 0.717) is 5.82 Å². The molecular formula is C15H11ClFN5O. The van der Waals surface area contributed by atoms with Crippen molar-refractivity contribution in [3.63, 3.8) is 0 Å². The maximum atomic E-state index is 13.6. The lowest BCUT2D eigenvalue weighted by atomic mass is 10.2. The van der Waals surface area contributed by atoms with E-state index in [9.17, 15) is 9.18 Å². The number of carbonyl (C=O) groups excluding carboxylic acids is 1. The summed E-state index contributed by atoms with van der Waals surface area (Å²) in [5.41, 5.74) is 0.839. The van der Waals surface area contributed by atoms with E-state index in [4.69, 9.17) is 11.6 Å². The Hall–Kier alpha value is -2.80. The molecule has 1 amide bonds. The number of nitrogens with one attached hydrogen (secondary N) is 1. The Morgan fingerprint density at radius 1 is 1.22 bits per heavy atom. The first-order valence-electron chi connectivity index (χ1n) is 6.70. The lowest BCUT2D eigenvalue weighted by molar-refractivity contribution is -0.117. The van der Waals surface area contributed by atoms with Gasteiger partial charge in [-0.05, 0) is 23.4 Å². The fourth-order valence-electron chi connectivity index (χ4n) is 1.92. The van der Waals surface area contributed by atoms with Crippen LogP contribution in [0, 0.1) is 5.82 Å². The van der Waals surface area contributed by atoms with Crippen LogP contribution in [-0.4, -0.2) is 26.1 Å². The Kier molecular flexibility index (Phi) is 4.29. The van der Waals surface area contributed by atoms with E-state index in [0.717, 1.165) is 16.4 Å².